The molecule has 0 saturated carbocycles. The second-order valence-corrected chi connectivity index (χ2v) is 4.68. The van der Waals surface area contributed by atoms with Gasteiger partial charge in [-0.05, 0) is 32.9 Å². The molecule has 0 radical (unpaired) electrons. The van der Waals surface area contributed by atoms with Crippen LogP contribution in [0.3, 0.4) is 0 Å². The second kappa shape index (κ2) is 6.44. The molecule has 1 aromatic heterocycles. The molecule has 0 atom stereocenters. The van der Waals surface area contributed by atoms with Gasteiger partial charge in [-0.15, -0.1) is 0 Å². The standard InChI is InChI=1S/C13H20N4O/c1-11-12(9-14-10-16-11)13(18)15-5-8-17-6-3-2-4-7-17/h9-10H,2-8H2,1H3,(H,15,18). The molecule has 1 fully saturated rings. The van der Waals surface area contributed by atoms with E-state index in [9.17, 15) is 4.79 Å². The number of carbonyl (C=O) groups is 1. The maximum absolute atomic E-state index is 11.9. The van der Waals surface area contributed by atoms with E-state index < -0.39 is 0 Å². The first-order chi connectivity index (χ1) is 8.77. The molecule has 1 saturated heterocycles. The molecule has 2 rings (SSSR count). The van der Waals surface area contributed by atoms with E-state index in [1.165, 1.54) is 25.6 Å². The number of nitrogens with one attached hydrogen (secondary N) is 1. The first kappa shape index (κ1) is 13.0. The van der Waals surface area contributed by atoms with Crippen molar-refractivity contribution in [1.82, 2.24) is 20.2 Å². The van der Waals surface area contributed by atoms with Gasteiger partial charge in [0, 0.05) is 19.3 Å². The molecule has 0 unspecified atom stereocenters. The Morgan fingerprint density at radius 1 is 1.39 bits per heavy atom. The van der Waals surface area contributed by atoms with Crippen molar-refractivity contribution in [2.45, 2.75) is 26.2 Å². The summed E-state index contributed by atoms with van der Waals surface area (Å²) in [5.74, 6) is -0.0786. The summed E-state index contributed by atoms with van der Waals surface area (Å²) in [7, 11) is 0. The number of hydrogen-bond donors (Lipinski definition) is 1. The van der Waals surface area contributed by atoms with E-state index >= 15 is 0 Å². The fraction of sp³-hybridized carbons (Fsp3) is 0.615. The zero-order valence-electron chi connectivity index (χ0n) is 10.9. The lowest BCUT2D eigenvalue weighted by atomic mass is 10.1. The molecule has 0 aliphatic carbocycles. The van der Waals surface area contributed by atoms with Gasteiger partial charge in [-0.3, -0.25) is 4.79 Å². The van der Waals surface area contributed by atoms with Gasteiger partial charge in [0.05, 0.1) is 11.3 Å². The summed E-state index contributed by atoms with van der Waals surface area (Å²) in [6, 6.07) is 0. The lowest BCUT2D eigenvalue weighted by Crippen LogP contribution is -2.37. The van der Waals surface area contributed by atoms with Crippen LogP contribution in [0, 0.1) is 6.92 Å². The number of carbonyl (C=O) groups excluding carboxylic acids is 1. The fourth-order valence-corrected chi connectivity index (χ4v) is 2.22. The Morgan fingerprint density at radius 2 is 2.17 bits per heavy atom. The van der Waals surface area contributed by atoms with E-state index in [2.05, 4.69) is 20.2 Å². The molecule has 2 heterocycles. The third kappa shape index (κ3) is 3.50. The first-order valence-electron chi connectivity index (χ1n) is 6.54. The van der Waals surface area contributed by atoms with E-state index in [1.54, 1.807) is 6.20 Å². The number of rotatable bonds is 4. The highest BCUT2D eigenvalue weighted by molar-refractivity contribution is 5.94. The van der Waals surface area contributed by atoms with Crippen LogP contribution in [0.4, 0.5) is 0 Å². The zero-order valence-corrected chi connectivity index (χ0v) is 10.9. The number of hydrogen-bond acceptors (Lipinski definition) is 4. The molecule has 1 aliphatic heterocycles. The van der Waals surface area contributed by atoms with Crippen LogP contribution in [0.1, 0.15) is 35.3 Å². The van der Waals surface area contributed by atoms with Crippen LogP contribution in [0.5, 0.6) is 0 Å². The SMILES string of the molecule is Cc1ncncc1C(=O)NCCN1CCCCC1. The molecular weight excluding hydrogens is 228 g/mol. The average molecular weight is 248 g/mol. The third-order valence-corrected chi connectivity index (χ3v) is 3.32. The Hall–Kier alpha value is -1.49. The monoisotopic (exact) mass is 248 g/mol. The van der Waals surface area contributed by atoms with Gasteiger partial charge < -0.3 is 10.2 Å². The second-order valence-electron chi connectivity index (χ2n) is 4.68. The number of nitrogens with zero attached hydrogens (tertiary/aromatic N) is 3. The molecule has 1 N–H and O–H groups in total. The molecule has 5 heteroatoms. The van der Waals surface area contributed by atoms with Crippen molar-refractivity contribution >= 4 is 5.91 Å². The Bertz CT molecular complexity index is 402. The molecule has 18 heavy (non-hydrogen) atoms. The lowest BCUT2D eigenvalue weighted by molar-refractivity contribution is 0.0945. The van der Waals surface area contributed by atoms with Crippen LogP contribution in [0.25, 0.3) is 0 Å². The third-order valence-electron chi connectivity index (χ3n) is 3.32. The minimum absolute atomic E-state index is 0.0786. The molecule has 98 valence electrons. The average Bonchev–Trinajstić information content (AvgIpc) is 2.40. The Balaban J connectivity index is 1.76. The van der Waals surface area contributed by atoms with Gasteiger partial charge in [-0.1, -0.05) is 6.42 Å². The number of aromatic nitrogens is 2. The summed E-state index contributed by atoms with van der Waals surface area (Å²) < 4.78 is 0. The molecule has 0 bridgehead atoms. The van der Waals surface area contributed by atoms with Crippen molar-refractivity contribution in [1.29, 1.82) is 0 Å². The van der Waals surface area contributed by atoms with E-state index in [0.717, 1.165) is 25.3 Å². The Labute approximate surface area is 108 Å². The highest BCUT2D eigenvalue weighted by atomic mass is 16.1. The number of aryl methyl sites for hydroxylation is 1. The molecule has 5 nitrogen and oxygen atoms in total. The Morgan fingerprint density at radius 3 is 2.89 bits per heavy atom. The van der Waals surface area contributed by atoms with Gasteiger partial charge in [-0.2, -0.15) is 0 Å². The van der Waals surface area contributed by atoms with Gasteiger partial charge in [0.25, 0.3) is 5.91 Å². The van der Waals surface area contributed by atoms with Crippen molar-refractivity contribution in [2.75, 3.05) is 26.2 Å². The smallest absolute Gasteiger partial charge is 0.254 e. The van der Waals surface area contributed by atoms with Crippen molar-refractivity contribution in [3.63, 3.8) is 0 Å². The molecule has 1 aromatic rings. The number of amides is 1. The van der Waals surface area contributed by atoms with Crippen molar-refractivity contribution in [3.05, 3.63) is 23.8 Å². The summed E-state index contributed by atoms with van der Waals surface area (Å²) in [5, 5.41) is 2.93. The highest BCUT2D eigenvalue weighted by Crippen LogP contribution is 2.07. The van der Waals surface area contributed by atoms with Crippen molar-refractivity contribution in [2.24, 2.45) is 0 Å². The first-order valence-corrected chi connectivity index (χ1v) is 6.54. The summed E-state index contributed by atoms with van der Waals surface area (Å²) in [6.07, 6.45) is 6.92. The quantitative estimate of drug-likeness (QED) is 0.863. The normalized spacial score (nSPS) is 16.5. The van der Waals surface area contributed by atoms with Gasteiger partial charge in [0.1, 0.15) is 6.33 Å². The Kier molecular flexibility index (Phi) is 4.64. The fourth-order valence-electron chi connectivity index (χ4n) is 2.22. The predicted octanol–water partition coefficient (Wildman–Crippen LogP) is 1.00. The van der Waals surface area contributed by atoms with Gasteiger partial charge in [0.15, 0.2) is 0 Å². The van der Waals surface area contributed by atoms with Gasteiger partial charge in [-0.25, -0.2) is 9.97 Å². The highest BCUT2D eigenvalue weighted by Gasteiger charge is 2.12. The van der Waals surface area contributed by atoms with E-state index in [0.29, 0.717) is 12.1 Å². The minimum Gasteiger partial charge on any atom is -0.351 e. The van der Waals surface area contributed by atoms with E-state index in [4.69, 9.17) is 0 Å². The van der Waals surface area contributed by atoms with Crippen LogP contribution in [-0.4, -0.2) is 47.0 Å². The van der Waals surface area contributed by atoms with Crippen molar-refractivity contribution < 1.29 is 4.79 Å². The van der Waals surface area contributed by atoms with Gasteiger partial charge in [0.2, 0.25) is 0 Å². The van der Waals surface area contributed by atoms with Crippen LogP contribution in [0.2, 0.25) is 0 Å². The maximum Gasteiger partial charge on any atom is 0.254 e. The minimum atomic E-state index is -0.0786. The van der Waals surface area contributed by atoms with Crippen LogP contribution >= 0.6 is 0 Å². The zero-order chi connectivity index (χ0) is 12.8. The summed E-state index contributed by atoms with van der Waals surface area (Å²) >= 11 is 0. The largest absolute Gasteiger partial charge is 0.351 e. The molecular formula is C13H20N4O. The molecule has 0 spiro atoms. The van der Waals surface area contributed by atoms with Crippen molar-refractivity contribution in [3.8, 4) is 0 Å². The molecule has 1 amide bonds. The van der Waals surface area contributed by atoms with Gasteiger partial charge >= 0.3 is 0 Å². The summed E-state index contributed by atoms with van der Waals surface area (Å²) in [6.45, 7) is 5.75. The summed E-state index contributed by atoms with van der Waals surface area (Å²) in [4.78, 5) is 22.2. The summed E-state index contributed by atoms with van der Waals surface area (Å²) in [5.41, 5.74) is 1.29. The van der Waals surface area contributed by atoms with Crippen LogP contribution in [0.15, 0.2) is 12.5 Å². The predicted molar refractivity (Wildman–Crippen MR) is 69.4 cm³/mol. The maximum atomic E-state index is 11.9. The lowest BCUT2D eigenvalue weighted by Gasteiger charge is -2.26. The molecule has 0 aromatic carbocycles. The van der Waals surface area contributed by atoms with Crippen LogP contribution in [-0.2, 0) is 0 Å². The number of likely N-dealkylation sites (tertiary alicyclic amines) is 1. The van der Waals surface area contributed by atoms with E-state index in [1.807, 2.05) is 6.92 Å². The molecule has 1 aliphatic rings. The van der Waals surface area contributed by atoms with Crippen LogP contribution < -0.4 is 5.32 Å². The number of piperidine rings is 1. The topological polar surface area (TPSA) is 58.1 Å². The van der Waals surface area contributed by atoms with E-state index in [-0.39, 0.29) is 5.91 Å².